The lowest BCUT2D eigenvalue weighted by Crippen LogP contribution is -2.09. The van der Waals surface area contributed by atoms with Crippen molar-refractivity contribution in [3.63, 3.8) is 0 Å². The number of nitrogens with one attached hydrogen (secondary N) is 1. The van der Waals surface area contributed by atoms with Crippen molar-refractivity contribution in [3.05, 3.63) is 33.8 Å². The van der Waals surface area contributed by atoms with Gasteiger partial charge < -0.3 is 0 Å². The molecule has 0 fully saturated rings. The third kappa shape index (κ3) is 2.67. The number of benzene rings is 1. The highest BCUT2D eigenvalue weighted by Gasteiger charge is 2.01. The van der Waals surface area contributed by atoms with Crippen LogP contribution in [0.15, 0.2) is 18.2 Å². The Bertz CT molecular complexity index is 268. The molecule has 0 unspecified atom stereocenters. The molecule has 1 amide bonds. The van der Waals surface area contributed by atoms with E-state index < -0.39 is 0 Å². The summed E-state index contributed by atoms with van der Waals surface area (Å²) in [6, 6.07) is 5.10. The Morgan fingerprint density at radius 2 is 1.83 bits per heavy atom. The number of halogens is 2. The molecule has 2 nitrogen and oxygen atoms in total. The Labute approximate surface area is 80.5 Å². The SMILES string of the molecule is O=[C+]NCc1cc(Cl)cc(Cl)c1. The summed E-state index contributed by atoms with van der Waals surface area (Å²) in [7, 11) is 0. The van der Waals surface area contributed by atoms with Gasteiger partial charge in [-0.05, 0) is 23.8 Å². The van der Waals surface area contributed by atoms with Crippen LogP contribution >= 0.6 is 23.2 Å². The van der Waals surface area contributed by atoms with Crippen LogP contribution in [0.2, 0.25) is 10.0 Å². The lowest BCUT2D eigenvalue weighted by molar-refractivity contribution is 0.542. The first-order chi connectivity index (χ1) is 5.72. The van der Waals surface area contributed by atoms with Crippen molar-refractivity contribution in [3.8, 4) is 0 Å². The minimum Gasteiger partial charge on any atom is -0.139 e. The average Bonchev–Trinajstić information content (AvgIpc) is 1.99. The maximum absolute atomic E-state index is 9.85. The van der Waals surface area contributed by atoms with Gasteiger partial charge in [0, 0.05) is 10.0 Å². The molecule has 0 aliphatic carbocycles. The summed E-state index contributed by atoms with van der Waals surface area (Å²) < 4.78 is 0. The Morgan fingerprint density at radius 1 is 1.25 bits per heavy atom. The van der Waals surface area contributed by atoms with Gasteiger partial charge in [-0.15, -0.1) is 5.32 Å². The zero-order valence-corrected chi connectivity index (χ0v) is 7.62. The van der Waals surface area contributed by atoms with E-state index in [1.54, 1.807) is 24.6 Å². The molecule has 1 aromatic rings. The van der Waals surface area contributed by atoms with Crippen LogP contribution in [0, 0.1) is 0 Å². The first-order valence-corrected chi connectivity index (χ1v) is 4.03. The topological polar surface area (TPSA) is 29.1 Å². The van der Waals surface area contributed by atoms with Gasteiger partial charge in [0.1, 0.15) is 0 Å². The van der Waals surface area contributed by atoms with E-state index >= 15 is 0 Å². The van der Waals surface area contributed by atoms with Crippen molar-refractivity contribution in [1.82, 2.24) is 5.32 Å². The lowest BCUT2D eigenvalue weighted by Gasteiger charge is -1.97. The molecule has 0 spiro atoms. The predicted molar refractivity (Wildman–Crippen MR) is 49.0 cm³/mol. The normalized spacial score (nSPS) is 9.17. The molecule has 12 heavy (non-hydrogen) atoms. The second-order valence-corrected chi connectivity index (χ2v) is 3.11. The minimum atomic E-state index is 0.393. The highest BCUT2D eigenvalue weighted by Crippen LogP contribution is 2.18. The molecule has 0 saturated carbocycles. The Balaban J connectivity index is 2.78. The Hall–Kier alpha value is -0.820. The maximum Gasteiger partial charge on any atom is 0.665 e. The number of carbonyl (C=O) groups excluding carboxylic acids is 1. The maximum atomic E-state index is 9.85. The fourth-order valence-corrected chi connectivity index (χ4v) is 1.42. The summed E-state index contributed by atoms with van der Waals surface area (Å²) >= 11 is 11.4. The Kier molecular flexibility index (Phi) is 3.30. The molecule has 0 atom stereocenters. The number of amides is 1. The molecule has 0 bridgehead atoms. The molecule has 0 aromatic heterocycles. The van der Waals surface area contributed by atoms with E-state index in [4.69, 9.17) is 23.2 Å². The highest BCUT2D eigenvalue weighted by atomic mass is 35.5. The van der Waals surface area contributed by atoms with Gasteiger partial charge in [-0.2, -0.15) is 0 Å². The van der Waals surface area contributed by atoms with Gasteiger partial charge in [0.05, 0.1) is 11.3 Å². The van der Waals surface area contributed by atoms with Crippen LogP contribution in [0.25, 0.3) is 0 Å². The largest absolute Gasteiger partial charge is 0.665 e. The van der Waals surface area contributed by atoms with E-state index in [9.17, 15) is 4.79 Å². The molecule has 1 rings (SSSR count). The average molecular weight is 203 g/mol. The number of hydrogen-bond acceptors (Lipinski definition) is 1. The van der Waals surface area contributed by atoms with Gasteiger partial charge in [-0.3, -0.25) is 0 Å². The van der Waals surface area contributed by atoms with E-state index in [1.807, 2.05) is 0 Å². The van der Waals surface area contributed by atoms with Crippen LogP contribution in [-0.4, -0.2) is 6.41 Å². The summed E-state index contributed by atoms with van der Waals surface area (Å²) in [5.41, 5.74) is 0.857. The number of rotatable bonds is 3. The molecule has 4 heteroatoms. The first kappa shape index (κ1) is 9.27. The first-order valence-electron chi connectivity index (χ1n) is 3.27. The second-order valence-electron chi connectivity index (χ2n) is 2.23. The molecule has 0 aliphatic rings. The standard InChI is InChI=1S/C8H6Cl2NO/c9-7-1-6(4-11-5-12)2-8(10)3-7/h1-3H,4H2,(H,11,12)/q+1. The summed E-state index contributed by atoms with van der Waals surface area (Å²) in [5, 5.41) is 3.52. The zero-order valence-electron chi connectivity index (χ0n) is 6.10. The van der Waals surface area contributed by atoms with Gasteiger partial charge in [0.25, 0.3) is 0 Å². The van der Waals surface area contributed by atoms with Gasteiger partial charge in [-0.1, -0.05) is 23.2 Å². The smallest absolute Gasteiger partial charge is 0.139 e. The zero-order chi connectivity index (χ0) is 8.97. The van der Waals surface area contributed by atoms with Crippen LogP contribution in [-0.2, 0) is 11.3 Å². The van der Waals surface area contributed by atoms with Crippen molar-refractivity contribution < 1.29 is 4.79 Å². The summed E-state index contributed by atoms with van der Waals surface area (Å²) in [6.45, 7) is 0.393. The monoisotopic (exact) mass is 202 g/mol. The molecule has 0 radical (unpaired) electrons. The van der Waals surface area contributed by atoms with Gasteiger partial charge in [0.2, 0.25) is 0 Å². The van der Waals surface area contributed by atoms with E-state index in [-0.39, 0.29) is 0 Å². The van der Waals surface area contributed by atoms with Crippen LogP contribution in [0.4, 0.5) is 0 Å². The number of hydrogen-bond donors (Lipinski definition) is 1. The van der Waals surface area contributed by atoms with Crippen LogP contribution in [0.5, 0.6) is 0 Å². The molecule has 0 heterocycles. The van der Waals surface area contributed by atoms with Gasteiger partial charge in [0.15, 0.2) is 0 Å². The molecule has 0 aliphatic heterocycles. The third-order valence-corrected chi connectivity index (χ3v) is 1.72. The minimum absolute atomic E-state index is 0.393. The van der Waals surface area contributed by atoms with Crippen molar-refractivity contribution in [2.45, 2.75) is 6.54 Å². The molecule has 1 aromatic carbocycles. The third-order valence-electron chi connectivity index (χ3n) is 1.29. The van der Waals surface area contributed by atoms with Crippen molar-refractivity contribution >= 4 is 29.6 Å². The fraction of sp³-hybridized carbons (Fsp3) is 0.125. The van der Waals surface area contributed by atoms with Crippen LogP contribution in [0.1, 0.15) is 5.56 Å². The molecular formula is C8H6Cl2NO+. The van der Waals surface area contributed by atoms with Gasteiger partial charge in [-0.25, -0.2) is 0 Å². The molecular weight excluding hydrogens is 197 g/mol. The van der Waals surface area contributed by atoms with Crippen molar-refractivity contribution in [2.24, 2.45) is 0 Å². The van der Waals surface area contributed by atoms with Crippen molar-refractivity contribution in [2.75, 3.05) is 0 Å². The predicted octanol–water partition coefficient (Wildman–Crippen LogP) is 2.15. The van der Waals surface area contributed by atoms with Crippen LogP contribution in [0.3, 0.4) is 0 Å². The van der Waals surface area contributed by atoms with Crippen LogP contribution < -0.4 is 5.32 Å². The summed E-state index contributed by atoms with van der Waals surface area (Å²) in [6.07, 6.45) is 1.57. The fourth-order valence-electron chi connectivity index (χ4n) is 0.851. The lowest BCUT2D eigenvalue weighted by atomic mass is 10.2. The second kappa shape index (κ2) is 4.27. The summed E-state index contributed by atoms with van der Waals surface area (Å²) in [5.74, 6) is 0. The van der Waals surface area contributed by atoms with E-state index in [1.165, 1.54) is 0 Å². The van der Waals surface area contributed by atoms with E-state index in [2.05, 4.69) is 5.32 Å². The summed E-state index contributed by atoms with van der Waals surface area (Å²) in [4.78, 5) is 9.85. The highest BCUT2D eigenvalue weighted by molar-refractivity contribution is 6.34. The van der Waals surface area contributed by atoms with E-state index in [0.717, 1.165) is 5.56 Å². The quantitative estimate of drug-likeness (QED) is 0.591. The van der Waals surface area contributed by atoms with Gasteiger partial charge >= 0.3 is 6.41 Å². The van der Waals surface area contributed by atoms with Crippen molar-refractivity contribution in [1.29, 1.82) is 0 Å². The molecule has 1 N–H and O–H groups in total. The Morgan fingerprint density at radius 3 is 2.33 bits per heavy atom. The van der Waals surface area contributed by atoms with E-state index in [0.29, 0.717) is 16.6 Å². The molecule has 62 valence electrons. The molecule has 0 saturated heterocycles.